The summed E-state index contributed by atoms with van der Waals surface area (Å²) in [6.07, 6.45) is 3.22. The van der Waals surface area contributed by atoms with Crippen LogP contribution in [0.1, 0.15) is 11.3 Å². The largest absolute Gasteiger partial charge is 0.508 e. The van der Waals surface area contributed by atoms with Crippen LogP contribution < -0.4 is 10.7 Å². The van der Waals surface area contributed by atoms with E-state index in [-0.39, 0.29) is 5.75 Å². The van der Waals surface area contributed by atoms with Crippen molar-refractivity contribution in [2.24, 2.45) is 5.10 Å². The first kappa shape index (κ1) is 13.1. The summed E-state index contributed by atoms with van der Waals surface area (Å²) in [5.41, 5.74) is 3.55. The average Bonchev–Trinajstić information content (AvgIpc) is 2.92. The van der Waals surface area contributed by atoms with Crippen LogP contribution in [0, 0.1) is 0 Å². The number of thiocarbonyl (C=S) groups is 1. The molecule has 0 unspecified atom stereocenters. The molecule has 0 spiro atoms. The molecule has 0 aliphatic rings. The topological polar surface area (TPSA) is 69.8 Å². The van der Waals surface area contributed by atoms with E-state index in [1.54, 1.807) is 36.7 Å². The lowest BCUT2D eigenvalue weighted by atomic mass is 10.2. The molecule has 0 bridgehead atoms. The average molecular weight is 275 g/mol. The standard InChI is InChI=1S/C13H13N3O2S/c17-11-5-3-10(4-6-11)8-15-16-13(19)14-9-12-2-1-7-18-12/h1-8,17H,9H2,(H2,14,16,19)/b15-8-. The second kappa shape index (κ2) is 6.55. The smallest absolute Gasteiger partial charge is 0.187 e. The van der Waals surface area contributed by atoms with Crippen molar-refractivity contribution in [3.8, 4) is 5.75 Å². The van der Waals surface area contributed by atoms with Gasteiger partial charge in [0.2, 0.25) is 0 Å². The summed E-state index contributed by atoms with van der Waals surface area (Å²) in [6, 6.07) is 10.4. The fourth-order valence-corrected chi connectivity index (χ4v) is 1.47. The second-order valence-corrected chi connectivity index (χ2v) is 4.13. The third-order valence-electron chi connectivity index (χ3n) is 2.28. The molecule has 0 amide bonds. The van der Waals surface area contributed by atoms with Gasteiger partial charge >= 0.3 is 0 Å². The fraction of sp³-hybridized carbons (Fsp3) is 0.0769. The third kappa shape index (κ3) is 4.44. The molecular weight excluding hydrogens is 262 g/mol. The lowest BCUT2D eigenvalue weighted by molar-refractivity contribution is 0.475. The predicted molar refractivity (Wildman–Crippen MR) is 77.0 cm³/mol. The molecule has 1 aromatic heterocycles. The van der Waals surface area contributed by atoms with E-state index < -0.39 is 0 Å². The van der Waals surface area contributed by atoms with E-state index in [2.05, 4.69) is 15.8 Å². The molecule has 1 aromatic carbocycles. The zero-order chi connectivity index (χ0) is 13.5. The van der Waals surface area contributed by atoms with E-state index in [4.69, 9.17) is 21.7 Å². The van der Waals surface area contributed by atoms with Gasteiger partial charge in [0, 0.05) is 0 Å². The van der Waals surface area contributed by atoms with Crippen LogP contribution in [-0.2, 0) is 6.54 Å². The first-order valence-corrected chi connectivity index (χ1v) is 6.03. The minimum absolute atomic E-state index is 0.223. The highest BCUT2D eigenvalue weighted by atomic mass is 32.1. The van der Waals surface area contributed by atoms with Crippen LogP contribution in [0.4, 0.5) is 0 Å². The Morgan fingerprint density at radius 2 is 2.11 bits per heavy atom. The van der Waals surface area contributed by atoms with Crippen LogP contribution in [0.2, 0.25) is 0 Å². The van der Waals surface area contributed by atoms with Crippen molar-refractivity contribution in [1.82, 2.24) is 10.7 Å². The van der Waals surface area contributed by atoms with Crippen molar-refractivity contribution in [1.29, 1.82) is 0 Å². The molecule has 6 heteroatoms. The molecule has 5 nitrogen and oxygen atoms in total. The maximum atomic E-state index is 9.13. The summed E-state index contributed by atoms with van der Waals surface area (Å²) >= 11 is 5.05. The number of furan rings is 1. The van der Waals surface area contributed by atoms with Crippen LogP contribution in [0.3, 0.4) is 0 Å². The monoisotopic (exact) mass is 275 g/mol. The summed E-state index contributed by atoms with van der Waals surface area (Å²) in [6.45, 7) is 0.508. The zero-order valence-corrected chi connectivity index (χ0v) is 10.9. The number of rotatable bonds is 4. The summed E-state index contributed by atoms with van der Waals surface area (Å²) in [5.74, 6) is 1.02. The molecule has 0 atom stereocenters. The Morgan fingerprint density at radius 1 is 1.32 bits per heavy atom. The molecule has 98 valence electrons. The fourth-order valence-electron chi connectivity index (χ4n) is 1.35. The number of nitrogens with one attached hydrogen (secondary N) is 2. The van der Waals surface area contributed by atoms with E-state index in [9.17, 15) is 0 Å². The number of phenols is 1. The van der Waals surface area contributed by atoms with Gasteiger partial charge in [-0.25, -0.2) is 0 Å². The lowest BCUT2D eigenvalue weighted by Crippen LogP contribution is -2.31. The SMILES string of the molecule is Oc1ccc(/C=N\NC(=S)NCc2ccco2)cc1. The Hall–Kier alpha value is -2.34. The second-order valence-electron chi connectivity index (χ2n) is 3.72. The Balaban J connectivity index is 1.75. The van der Waals surface area contributed by atoms with Gasteiger partial charge in [-0.1, -0.05) is 0 Å². The summed E-state index contributed by atoms with van der Waals surface area (Å²) in [7, 11) is 0. The van der Waals surface area contributed by atoms with Crippen LogP contribution in [0.25, 0.3) is 0 Å². The zero-order valence-electron chi connectivity index (χ0n) is 10.0. The lowest BCUT2D eigenvalue weighted by Gasteiger charge is -2.04. The van der Waals surface area contributed by atoms with Gasteiger partial charge in [0.05, 0.1) is 19.0 Å². The van der Waals surface area contributed by atoms with Crippen molar-refractivity contribution < 1.29 is 9.52 Å². The molecule has 2 aromatic rings. The normalized spacial score (nSPS) is 10.5. The quantitative estimate of drug-likeness (QED) is 0.452. The van der Waals surface area contributed by atoms with Crippen LogP contribution in [0.15, 0.2) is 52.2 Å². The van der Waals surface area contributed by atoms with Gasteiger partial charge in [0.1, 0.15) is 11.5 Å². The third-order valence-corrected chi connectivity index (χ3v) is 2.51. The maximum absolute atomic E-state index is 9.13. The van der Waals surface area contributed by atoms with Crippen molar-refractivity contribution in [3.63, 3.8) is 0 Å². The number of phenolic OH excluding ortho intramolecular Hbond substituents is 1. The van der Waals surface area contributed by atoms with Crippen molar-refractivity contribution in [2.45, 2.75) is 6.54 Å². The first-order chi connectivity index (χ1) is 9.24. The van der Waals surface area contributed by atoms with Crippen molar-refractivity contribution >= 4 is 23.5 Å². The molecule has 1 heterocycles. The number of hydrazone groups is 1. The molecule has 3 N–H and O–H groups in total. The van der Waals surface area contributed by atoms with E-state index in [1.807, 2.05) is 12.1 Å². The molecule has 0 saturated carbocycles. The highest BCUT2D eigenvalue weighted by Gasteiger charge is 1.96. The maximum Gasteiger partial charge on any atom is 0.187 e. The highest BCUT2D eigenvalue weighted by Crippen LogP contribution is 2.07. The molecule has 0 saturated heterocycles. The Labute approximate surface area is 115 Å². The van der Waals surface area contributed by atoms with Crippen LogP contribution in [0.5, 0.6) is 5.75 Å². The van der Waals surface area contributed by atoms with Crippen molar-refractivity contribution in [3.05, 3.63) is 54.0 Å². The Morgan fingerprint density at radius 3 is 2.79 bits per heavy atom. The van der Waals surface area contributed by atoms with E-state index >= 15 is 0 Å². The highest BCUT2D eigenvalue weighted by molar-refractivity contribution is 7.80. The van der Waals surface area contributed by atoms with Gasteiger partial charge < -0.3 is 14.8 Å². The Bertz CT molecular complexity index is 550. The van der Waals surface area contributed by atoms with Gasteiger partial charge in [-0.2, -0.15) is 5.10 Å². The number of nitrogens with zero attached hydrogens (tertiary/aromatic N) is 1. The van der Waals surface area contributed by atoms with Crippen molar-refractivity contribution in [2.75, 3.05) is 0 Å². The van der Waals surface area contributed by atoms with Gasteiger partial charge in [0.25, 0.3) is 0 Å². The number of benzene rings is 1. The van der Waals surface area contributed by atoms with Gasteiger partial charge in [0.15, 0.2) is 5.11 Å². The van der Waals surface area contributed by atoms with Gasteiger partial charge in [-0.15, -0.1) is 0 Å². The van der Waals surface area contributed by atoms with Gasteiger partial charge in [-0.05, 0) is 54.2 Å². The molecule has 0 aliphatic carbocycles. The van der Waals surface area contributed by atoms with E-state index in [1.165, 1.54) is 0 Å². The molecule has 0 radical (unpaired) electrons. The van der Waals surface area contributed by atoms with E-state index in [0.29, 0.717) is 11.7 Å². The molecule has 0 fully saturated rings. The molecule has 19 heavy (non-hydrogen) atoms. The summed E-state index contributed by atoms with van der Waals surface area (Å²) in [4.78, 5) is 0. The number of aromatic hydroxyl groups is 1. The van der Waals surface area contributed by atoms with Crippen LogP contribution in [-0.4, -0.2) is 16.4 Å². The van der Waals surface area contributed by atoms with Crippen LogP contribution >= 0.6 is 12.2 Å². The number of hydrogen-bond acceptors (Lipinski definition) is 4. The molecule has 2 rings (SSSR count). The minimum atomic E-state index is 0.223. The first-order valence-electron chi connectivity index (χ1n) is 5.62. The molecular formula is C13H13N3O2S. The minimum Gasteiger partial charge on any atom is -0.508 e. The summed E-state index contributed by atoms with van der Waals surface area (Å²) < 4.78 is 5.16. The molecule has 0 aliphatic heterocycles. The van der Waals surface area contributed by atoms with E-state index in [0.717, 1.165) is 11.3 Å². The predicted octanol–water partition coefficient (Wildman–Crippen LogP) is 1.98. The van der Waals surface area contributed by atoms with Gasteiger partial charge in [-0.3, -0.25) is 5.43 Å². The number of hydrogen-bond donors (Lipinski definition) is 3. The summed E-state index contributed by atoms with van der Waals surface area (Å²) in [5, 5.41) is 16.5. The Kier molecular flexibility index (Phi) is 4.52.